The zero-order valence-corrected chi connectivity index (χ0v) is 21.5. The van der Waals surface area contributed by atoms with Gasteiger partial charge >= 0.3 is 0 Å². The van der Waals surface area contributed by atoms with E-state index < -0.39 is 0 Å². The molecule has 2 aromatic carbocycles. The van der Waals surface area contributed by atoms with Crippen molar-refractivity contribution in [2.24, 2.45) is 0 Å². The molecule has 7 heteroatoms. The maximum Gasteiger partial charge on any atom is 0.170 e. The molecule has 5 rings (SSSR count). The number of aryl methyl sites for hydroxylation is 1. The van der Waals surface area contributed by atoms with Crippen LogP contribution < -0.4 is 10.1 Å². The molecular weight excluding hydrogens is 476 g/mol. The summed E-state index contributed by atoms with van der Waals surface area (Å²) in [5.74, 6) is 0.769. The second-order valence-corrected chi connectivity index (χ2v) is 9.54. The van der Waals surface area contributed by atoms with Crippen LogP contribution in [-0.4, -0.2) is 26.7 Å². The third-order valence-corrected chi connectivity index (χ3v) is 7.15. The first-order chi connectivity index (χ1) is 17.0. The molecule has 0 aliphatic carbocycles. The van der Waals surface area contributed by atoms with Gasteiger partial charge in [0.25, 0.3) is 0 Å². The van der Waals surface area contributed by atoms with Crippen LogP contribution in [0.25, 0.3) is 5.69 Å². The van der Waals surface area contributed by atoms with E-state index in [0.717, 1.165) is 33.6 Å². The van der Waals surface area contributed by atoms with Gasteiger partial charge in [0.2, 0.25) is 0 Å². The number of nitrogens with one attached hydrogen (secondary N) is 1. The minimum atomic E-state index is -0.0809. The highest BCUT2D eigenvalue weighted by molar-refractivity contribution is 7.80. The number of rotatable bonds is 6. The fraction of sp³-hybridized carbons (Fsp3) is 0.214. The van der Waals surface area contributed by atoms with Crippen LogP contribution in [0, 0.1) is 13.8 Å². The Labute approximate surface area is 216 Å². The molecule has 2 atom stereocenters. The molecule has 3 heterocycles. The summed E-state index contributed by atoms with van der Waals surface area (Å²) < 4.78 is 7.88. The molecule has 2 aromatic heterocycles. The van der Waals surface area contributed by atoms with E-state index >= 15 is 0 Å². The molecule has 0 spiro atoms. The van der Waals surface area contributed by atoms with Crippen molar-refractivity contribution in [3.63, 3.8) is 0 Å². The molecule has 4 aromatic rings. The first-order valence-corrected chi connectivity index (χ1v) is 12.3. The molecule has 0 bridgehead atoms. The number of pyridine rings is 1. The van der Waals surface area contributed by atoms with Gasteiger partial charge in [0, 0.05) is 29.2 Å². The molecular formula is C28H27ClN4OS. The zero-order chi connectivity index (χ0) is 24.5. The highest BCUT2D eigenvalue weighted by Gasteiger charge is 2.41. The van der Waals surface area contributed by atoms with E-state index in [9.17, 15) is 0 Å². The largest absolute Gasteiger partial charge is 0.495 e. The van der Waals surface area contributed by atoms with Crippen molar-refractivity contribution in [2.75, 3.05) is 7.11 Å². The summed E-state index contributed by atoms with van der Waals surface area (Å²) in [4.78, 5) is 6.94. The van der Waals surface area contributed by atoms with Crippen LogP contribution in [0.1, 0.15) is 40.3 Å². The van der Waals surface area contributed by atoms with Crippen LogP contribution in [-0.2, 0) is 6.54 Å². The highest BCUT2D eigenvalue weighted by atomic mass is 35.5. The highest BCUT2D eigenvalue weighted by Crippen LogP contribution is 2.43. The van der Waals surface area contributed by atoms with Gasteiger partial charge < -0.3 is 19.5 Å². The number of hydrogen-bond donors (Lipinski definition) is 1. The van der Waals surface area contributed by atoms with E-state index in [4.69, 9.17) is 28.6 Å². The normalized spacial score (nSPS) is 17.5. The number of benzene rings is 2. The predicted octanol–water partition coefficient (Wildman–Crippen LogP) is 6.32. The van der Waals surface area contributed by atoms with E-state index in [-0.39, 0.29) is 12.1 Å². The van der Waals surface area contributed by atoms with Crippen molar-refractivity contribution < 1.29 is 4.74 Å². The Morgan fingerprint density at radius 1 is 1.03 bits per heavy atom. The molecule has 1 aliphatic rings. The molecule has 1 aliphatic heterocycles. The number of hydrogen-bond acceptors (Lipinski definition) is 3. The summed E-state index contributed by atoms with van der Waals surface area (Å²) in [6.45, 7) is 4.94. The zero-order valence-electron chi connectivity index (χ0n) is 19.9. The van der Waals surface area contributed by atoms with Crippen LogP contribution in [0.4, 0.5) is 0 Å². The first-order valence-electron chi connectivity index (χ1n) is 11.5. The standard InChI is InChI=1S/C28H27ClN4OS/c1-18-15-22(19(2)33(18)24-16-21(29)12-13-25(24)34-3)27-26(23-11-7-8-14-30-23)31-28(35)32(27)17-20-9-5-4-6-10-20/h4-16,26-27H,17H2,1-3H3,(H,31,35). The summed E-state index contributed by atoms with van der Waals surface area (Å²) in [5, 5.41) is 4.94. The minimum Gasteiger partial charge on any atom is -0.495 e. The Morgan fingerprint density at radius 3 is 2.51 bits per heavy atom. The number of thiocarbonyl (C=S) groups is 1. The van der Waals surface area contributed by atoms with Crippen molar-refractivity contribution in [2.45, 2.75) is 32.5 Å². The van der Waals surface area contributed by atoms with Crippen LogP contribution in [0.3, 0.4) is 0 Å². The molecule has 1 saturated heterocycles. The Bertz CT molecular complexity index is 1360. The Morgan fingerprint density at radius 2 is 1.80 bits per heavy atom. The topological polar surface area (TPSA) is 42.3 Å². The summed E-state index contributed by atoms with van der Waals surface area (Å²) >= 11 is 12.3. The summed E-state index contributed by atoms with van der Waals surface area (Å²) in [5.41, 5.74) is 6.46. The second-order valence-electron chi connectivity index (χ2n) is 8.72. The van der Waals surface area contributed by atoms with Gasteiger partial charge in [-0.25, -0.2) is 0 Å². The molecule has 5 nitrogen and oxygen atoms in total. The van der Waals surface area contributed by atoms with Crippen LogP contribution in [0.2, 0.25) is 5.02 Å². The lowest BCUT2D eigenvalue weighted by molar-refractivity contribution is 0.310. The van der Waals surface area contributed by atoms with Gasteiger partial charge in [-0.1, -0.05) is 48.0 Å². The smallest absolute Gasteiger partial charge is 0.170 e. The lowest BCUT2D eigenvalue weighted by Crippen LogP contribution is -2.29. The van der Waals surface area contributed by atoms with Crippen molar-refractivity contribution >= 4 is 28.9 Å². The van der Waals surface area contributed by atoms with Gasteiger partial charge in [-0.2, -0.15) is 0 Å². The van der Waals surface area contributed by atoms with E-state index in [1.165, 1.54) is 11.1 Å². The van der Waals surface area contributed by atoms with Gasteiger partial charge in [-0.15, -0.1) is 0 Å². The van der Waals surface area contributed by atoms with Gasteiger partial charge in [0.05, 0.1) is 30.6 Å². The van der Waals surface area contributed by atoms with E-state index in [1.807, 2.05) is 42.6 Å². The quantitative estimate of drug-likeness (QED) is 0.312. The molecule has 2 unspecified atom stereocenters. The monoisotopic (exact) mass is 502 g/mol. The van der Waals surface area contributed by atoms with Crippen LogP contribution >= 0.6 is 23.8 Å². The van der Waals surface area contributed by atoms with E-state index in [0.29, 0.717) is 11.6 Å². The van der Waals surface area contributed by atoms with Crippen LogP contribution in [0.15, 0.2) is 79.0 Å². The summed E-state index contributed by atoms with van der Waals surface area (Å²) in [7, 11) is 1.68. The van der Waals surface area contributed by atoms with Crippen molar-refractivity contribution in [3.05, 3.63) is 112 Å². The summed E-state index contributed by atoms with van der Waals surface area (Å²) in [6.07, 6.45) is 1.83. The number of methoxy groups -OCH3 is 1. The number of ether oxygens (including phenoxy) is 1. The molecule has 178 valence electrons. The number of nitrogens with zero attached hydrogens (tertiary/aromatic N) is 3. The van der Waals surface area contributed by atoms with E-state index in [1.54, 1.807) is 7.11 Å². The van der Waals surface area contributed by atoms with Crippen molar-refractivity contribution in [1.82, 2.24) is 19.8 Å². The Kier molecular flexibility index (Phi) is 6.50. The Hall–Kier alpha value is -3.35. The third kappa shape index (κ3) is 4.40. The number of aromatic nitrogens is 2. The number of halogens is 1. The average Bonchev–Trinajstić information content (AvgIpc) is 3.35. The fourth-order valence-electron chi connectivity index (χ4n) is 4.99. The van der Waals surface area contributed by atoms with Gasteiger partial charge in [-0.05, 0) is 73.6 Å². The first kappa shape index (κ1) is 23.4. The third-order valence-electron chi connectivity index (χ3n) is 6.56. The van der Waals surface area contributed by atoms with E-state index in [2.05, 4.69) is 70.0 Å². The predicted molar refractivity (Wildman–Crippen MR) is 144 cm³/mol. The SMILES string of the molecule is COc1ccc(Cl)cc1-n1c(C)cc(C2C(c3ccccn3)NC(=S)N2Cc2ccccc2)c1C. The lowest BCUT2D eigenvalue weighted by atomic mass is 9.96. The van der Waals surface area contributed by atoms with Crippen LogP contribution in [0.5, 0.6) is 5.75 Å². The molecule has 0 saturated carbocycles. The van der Waals surface area contributed by atoms with Gasteiger partial charge in [-0.3, -0.25) is 4.98 Å². The second kappa shape index (κ2) is 9.72. The van der Waals surface area contributed by atoms with Gasteiger partial charge in [0.15, 0.2) is 5.11 Å². The Balaban J connectivity index is 1.65. The fourth-order valence-corrected chi connectivity index (χ4v) is 5.46. The molecule has 1 fully saturated rings. The van der Waals surface area contributed by atoms with Crippen molar-refractivity contribution in [3.8, 4) is 11.4 Å². The molecule has 35 heavy (non-hydrogen) atoms. The maximum atomic E-state index is 6.39. The van der Waals surface area contributed by atoms with Gasteiger partial charge in [0.1, 0.15) is 5.75 Å². The minimum absolute atomic E-state index is 0.0391. The average molecular weight is 503 g/mol. The molecule has 1 N–H and O–H groups in total. The maximum absolute atomic E-state index is 6.39. The molecule has 0 radical (unpaired) electrons. The van der Waals surface area contributed by atoms with Crippen molar-refractivity contribution in [1.29, 1.82) is 0 Å². The summed E-state index contributed by atoms with van der Waals surface area (Å²) in [6, 6.07) is 24.2. The molecule has 0 amide bonds. The lowest BCUT2D eigenvalue weighted by Gasteiger charge is -2.28.